The van der Waals surface area contributed by atoms with Gasteiger partial charge in [0.1, 0.15) is 6.61 Å². The van der Waals surface area contributed by atoms with Crippen molar-refractivity contribution in [2.45, 2.75) is 19.1 Å². The molecule has 0 spiro atoms. The summed E-state index contributed by atoms with van der Waals surface area (Å²) in [5.74, 6) is 1.52. The number of rotatable bonds is 5. The average molecular weight is 380 g/mol. The van der Waals surface area contributed by atoms with Crippen molar-refractivity contribution in [3.8, 4) is 11.5 Å². The molecule has 3 aromatic carbocycles. The maximum atomic E-state index is 6.47. The van der Waals surface area contributed by atoms with E-state index >= 15 is 0 Å². The molecule has 0 saturated carbocycles. The van der Waals surface area contributed by atoms with Crippen LogP contribution in [0.25, 0.3) is 0 Å². The summed E-state index contributed by atoms with van der Waals surface area (Å²) in [5, 5.41) is 4.36. The van der Waals surface area contributed by atoms with Gasteiger partial charge in [-0.25, -0.2) is 0 Å². The first-order valence-corrected chi connectivity index (χ1v) is 9.49. The quantitative estimate of drug-likeness (QED) is 0.664. The first-order chi connectivity index (χ1) is 13.3. The predicted octanol–water partition coefficient (Wildman–Crippen LogP) is 5.16. The van der Waals surface area contributed by atoms with Crippen LogP contribution in [0.4, 0.5) is 0 Å². The number of nitrogens with one attached hydrogen (secondary N) is 1. The Hall–Kier alpha value is -2.49. The van der Waals surface area contributed by atoms with Crippen LogP contribution in [-0.4, -0.2) is 13.7 Å². The molecule has 1 N–H and O–H groups in total. The fraction of sp³-hybridized carbons (Fsp3) is 0.217. The fourth-order valence-corrected chi connectivity index (χ4v) is 3.80. The van der Waals surface area contributed by atoms with E-state index in [0.717, 1.165) is 40.6 Å². The summed E-state index contributed by atoms with van der Waals surface area (Å²) in [6, 6.07) is 22.4. The Morgan fingerprint density at radius 1 is 0.963 bits per heavy atom. The van der Waals surface area contributed by atoms with Crippen molar-refractivity contribution in [2.24, 2.45) is 0 Å². The van der Waals surface area contributed by atoms with Crippen LogP contribution < -0.4 is 14.8 Å². The SMILES string of the molecule is COc1cc2c(cc1OCc1ccccc1)C(c1ccccc1Cl)NCC2. The smallest absolute Gasteiger partial charge is 0.162 e. The van der Waals surface area contributed by atoms with E-state index in [1.165, 1.54) is 11.1 Å². The van der Waals surface area contributed by atoms with Crippen molar-refractivity contribution < 1.29 is 9.47 Å². The Balaban J connectivity index is 1.69. The van der Waals surface area contributed by atoms with Crippen molar-refractivity contribution in [1.29, 1.82) is 0 Å². The molecular formula is C23H22ClNO2. The Morgan fingerprint density at radius 2 is 1.74 bits per heavy atom. The summed E-state index contributed by atoms with van der Waals surface area (Å²) < 4.78 is 11.7. The van der Waals surface area contributed by atoms with E-state index in [9.17, 15) is 0 Å². The molecule has 0 saturated heterocycles. The monoisotopic (exact) mass is 379 g/mol. The zero-order valence-corrected chi connectivity index (χ0v) is 16.0. The molecule has 138 valence electrons. The van der Waals surface area contributed by atoms with Crippen LogP contribution in [0.15, 0.2) is 66.7 Å². The lowest BCUT2D eigenvalue weighted by Gasteiger charge is -2.29. The van der Waals surface area contributed by atoms with E-state index in [2.05, 4.69) is 35.6 Å². The van der Waals surface area contributed by atoms with Gasteiger partial charge in [-0.1, -0.05) is 60.1 Å². The number of hydrogen-bond acceptors (Lipinski definition) is 3. The van der Waals surface area contributed by atoms with Crippen LogP contribution in [-0.2, 0) is 13.0 Å². The van der Waals surface area contributed by atoms with Crippen LogP contribution >= 0.6 is 11.6 Å². The summed E-state index contributed by atoms with van der Waals surface area (Å²) in [5.41, 5.74) is 4.66. The molecule has 0 radical (unpaired) electrons. The zero-order chi connectivity index (χ0) is 18.6. The lowest BCUT2D eigenvalue weighted by atomic mass is 9.89. The molecule has 0 fully saturated rings. The van der Waals surface area contributed by atoms with Crippen molar-refractivity contribution in [2.75, 3.05) is 13.7 Å². The first kappa shape index (κ1) is 17.9. The van der Waals surface area contributed by atoms with E-state index in [1.54, 1.807) is 7.11 Å². The molecular weight excluding hydrogens is 358 g/mol. The van der Waals surface area contributed by atoms with Gasteiger partial charge >= 0.3 is 0 Å². The van der Waals surface area contributed by atoms with E-state index < -0.39 is 0 Å². The minimum absolute atomic E-state index is 0.0485. The standard InChI is InChI=1S/C23H22ClNO2/c1-26-21-13-17-11-12-25-23(18-9-5-6-10-20(18)24)19(17)14-22(21)27-15-16-7-3-2-4-8-16/h2-10,13-14,23,25H,11-12,15H2,1H3. The van der Waals surface area contributed by atoms with E-state index in [0.29, 0.717) is 6.61 Å². The second-order valence-electron chi connectivity index (χ2n) is 6.63. The van der Waals surface area contributed by atoms with Gasteiger partial charge in [-0.2, -0.15) is 0 Å². The highest BCUT2D eigenvalue weighted by Gasteiger charge is 2.25. The van der Waals surface area contributed by atoms with Crippen molar-refractivity contribution in [3.05, 3.63) is 94.0 Å². The van der Waals surface area contributed by atoms with Gasteiger partial charge in [0, 0.05) is 11.6 Å². The largest absolute Gasteiger partial charge is 0.493 e. The molecule has 1 heterocycles. The lowest BCUT2D eigenvalue weighted by molar-refractivity contribution is 0.283. The van der Waals surface area contributed by atoms with Gasteiger partial charge in [0.2, 0.25) is 0 Å². The molecule has 4 heteroatoms. The molecule has 0 amide bonds. The van der Waals surface area contributed by atoms with Crippen LogP contribution in [0.1, 0.15) is 28.3 Å². The van der Waals surface area contributed by atoms with Gasteiger partial charge in [0.05, 0.1) is 13.2 Å². The highest BCUT2D eigenvalue weighted by atomic mass is 35.5. The van der Waals surface area contributed by atoms with Crippen LogP contribution in [0.5, 0.6) is 11.5 Å². The van der Waals surface area contributed by atoms with Gasteiger partial charge in [-0.15, -0.1) is 0 Å². The van der Waals surface area contributed by atoms with Crippen molar-refractivity contribution in [3.63, 3.8) is 0 Å². The third-order valence-corrected chi connectivity index (χ3v) is 5.28. The van der Waals surface area contributed by atoms with Crippen LogP contribution in [0.2, 0.25) is 5.02 Å². The number of ether oxygens (including phenoxy) is 2. The number of methoxy groups -OCH3 is 1. The number of halogens is 1. The molecule has 3 nitrogen and oxygen atoms in total. The molecule has 0 aromatic heterocycles. The Kier molecular flexibility index (Phi) is 5.33. The minimum Gasteiger partial charge on any atom is -0.493 e. The fourth-order valence-electron chi connectivity index (χ4n) is 3.56. The highest BCUT2D eigenvalue weighted by Crippen LogP contribution is 2.39. The number of benzene rings is 3. The predicted molar refractivity (Wildman–Crippen MR) is 109 cm³/mol. The van der Waals surface area contributed by atoms with Crippen LogP contribution in [0, 0.1) is 0 Å². The van der Waals surface area contributed by atoms with Crippen molar-refractivity contribution in [1.82, 2.24) is 5.32 Å². The molecule has 27 heavy (non-hydrogen) atoms. The molecule has 1 atom stereocenters. The Morgan fingerprint density at radius 3 is 2.52 bits per heavy atom. The maximum absolute atomic E-state index is 6.47. The van der Waals surface area contributed by atoms with Gasteiger partial charge < -0.3 is 14.8 Å². The second kappa shape index (κ2) is 8.03. The van der Waals surface area contributed by atoms with Gasteiger partial charge in [0.15, 0.2) is 11.5 Å². The number of fused-ring (bicyclic) bond motifs is 1. The summed E-state index contributed by atoms with van der Waals surface area (Å²) >= 11 is 6.47. The summed E-state index contributed by atoms with van der Waals surface area (Å²) in [6.07, 6.45) is 0.950. The average Bonchev–Trinajstić information content (AvgIpc) is 2.72. The van der Waals surface area contributed by atoms with Gasteiger partial charge in [-0.05, 0) is 46.9 Å². The Bertz CT molecular complexity index is 927. The molecule has 1 unspecified atom stereocenters. The summed E-state index contributed by atoms with van der Waals surface area (Å²) in [6.45, 7) is 1.40. The molecule has 3 aromatic rings. The van der Waals surface area contributed by atoms with Crippen LogP contribution in [0.3, 0.4) is 0 Å². The van der Waals surface area contributed by atoms with Gasteiger partial charge in [0.25, 0.3) is 0 Å². The van der Waals surface area contributed by atoms with E-state index in [-0.39, 0.29) is 6.04 Å². The molecule has 1 aliphatic heterocycles. The maximum Gasteiger partial charge on any atom is 0.162 e. The number of hydrogen-bond donors (Lipinski definition) is 1. The third-order valence-electron chi connectivity index (χ3n) is 4.93. The Labute approximate surface area is 164 Å². The summed E-state index contributed by atoms with van der Waals surface area (Å²) in [7, 11) is 1.68. The van der Waals surface area contributed by atoms with Crippen molar-refractivity contribution >= 4 is 11.6 Å². The first-order valence-electron chi connectivity index (χ1n) is 9.11. The second-order valence-corrected chi connectivity index (χ2v) is 7.04. The van der Waals surface area contributed by atoms with E-state index in [1.807, 2.05) is 36.4 Å². The molecule has 1 aliphatic rings. The molecule has 0 bridgehead atoms. The minimum atomic E-state index is 0.0485. The normalized spacial score (nSPS) is 15.9. The summed E-state index contributed by atoms with van der Waals surface area (Å²) in [4.78, 5) is 0. The topological polar surface area (TPSA) is 30.5 Å². The molecule has 0 aliphatic carbocycles. The molecule has 4 rings (SSSR count). The van der Waals surface area contributed by atoms with E-state index in [4.69, 9.17) is 21.1 Å². The highest BCUT2D eigenvalue weighted by molar-refractivity contribution is 6.31. The zero-order valence-electron chi connectivity index (χ0n) is 15.2. The van der Waals surface area contributed by atoms with Gasteiger partial charge in [-0.3, -0.25) is 0 Å². The third kappa shape index (κ3) is 3.80. The lowest BCUT2D eigenvalue weighted by Crippen LogP contribution is -2.30.